The molecule has 0 bridgehead atoms. The van der Waals surface area contributed by atoms with Crippen LogP contribution in [-0.4, -0.2) is 30.1 Å². The molecular weight excluding hydrogens is 304 g/mol. The molecule has 2 rings (SSSR count). The summed E-state index contributed by atoms with van der Waals surface area (Å²) in [6.45, 7) is 17.1. The van der Waals surface area contributed by atoms with Crippen molar-refractivity contribution in [1.82, 2.24) is 4.90 Å². The molecule has 148 valence electrons. The third kappa shape index (κ3) is 6.54. The molecule has 2 saturated carbocycles. The zero-order valence-electron chi connectivity index (χ0n) is 18.1. The molecule has 0 amide bonds. The Labute approximate surface area is 158 Å². The van der Waals surface area contributed by atoms with Crippen molar-refractivity contribution >= 4 is 0 Å². The summed E-state index contributed by atoms with van der Waals surface area (Å²) < 4.78 is 0. The Hall–Kier alpha value is -0.0800. The minimum Gasteiger partial charge on any atom is -0.330 e. The van der Waals surface area contributed by atoms with E-state index in [1.807, 2.05) is 0 Å². The first-order valence-electron chi connectivity index (χ1n) is 11.1. The van der Waals surface area contributed by atoms with Gasteiger partial charge in [0, 0.05) is 12.1 Å². The van der Waals surface area contributed by atoms with Crippen molar-refractivity contribution in [3.63, 3.8) is 0 Å². The number of hydrogen-bond donors (Lipinski definition) is 1. The number of nitrogens with two attached hydrogens (primary N) is 1. The quantitative estimate of drug-likeness (QED) is 0.584. The standard InChI is InChI=1S/C23H46N2/c1-18-12-20(16-22(3,4)14-18)25(11-9-7-8-10-24)21-13-19(2)15-23(5,6)17-21/h18-21H,7-17,24H2,1-6H3. The minimum absolute atomic E-state index is 0.508. The van der Waals surface area contributed by atoms with Crippen molar-refractivity contribution in [3.8, 4) is 0 Å². The van der Waals surface area contributed by atoms with E-state index in [1.165, 1.54) is 64.3 Å². The molecule has 0 heterocycles. The average Bonchev–Trinajstić information content (AvgIpc) is 2.42. The number of unbranched alkanes of at least 4 members (excludes halogenated alkanes) is 2. The summed E-state index contributed by atoms with van der Waals surface area (Å²) in [5.41, 5.74) is 6.74. The van der Waals surface area contributed by atoms with Gasteiger partial charge >= 0.3 is 0 Å². The smallest absolute Gasteiger partial charge is 0.0106 e. The molecule has 0 aliphatic heterocycles. The van der Waals surface area contributed by atoms with Gasteiger partial charge in [-0.3, -0.25) is 4.90 Å². The Morgan fingerprint density at radius 1 is 0.760 bits per heavy atom. The van der Waals surface area contributed by atoms with Gasteiger partial charge in [-0.15, -0.1) is 0 Å². The van der Waals surface area contributed by atoms with Gasteiger partial charge in [0.25, 0.3) is 0 Å². The van der Waals surface area contributed by atoms with Crippen molar-refractivity contribution in [2.75, 3.05) is 13.1 Å². The summed E-state index contributed by atoms with van der Waals surface area (Å²) in [6, 6.07) is 1.59. The Morgan fingerprint density at radius 3 is 1.64 bits per heavy atom. The van der Waals surface area contributed by atoms with Crippen LogP contribution in [-0.2, 0) is 0 Å². The first-order chi connectivity index (χ1) is 11.6. The molecule has 0 saturated heterocycles. The fourth-order valence-electron chi connectivity index (χ4n) is 6.38. The van der Waals surface area contributed by atoms with Gasteiger partial charge in [0.1, 0.15) is 0 Å². The van der Waals surface area contributed by atoms with Crippen LogP contribution in [0.4, 0.5) is 0 Å². The monoisotopic (exact) mass is 350 g/mol. The first kappa shape index (κ1) is 21.2. The van der Waals surface area contributed by atoms with E-state index in [0.717, 1.165) is 30.5 Å². The predicted octanol–water partition coefficient (Wildman–Crippen LogP) is 5.85. The highest BCUT2D eigenvalue weighted by Crippen LogP contribution is 2.45. The van der Waals surface area contributed by atoms with Crippen LogP contribution < -0.4 is 5.73 Å². The maximum absolute atomic E-state index is 5.72. The van der Waals surface area contributed by atoms with E-state index >= 15 is 0 Å². The highest BCUT2D eigenvalue weighted by atomic mass is 15.2. The van der Waals surface area contributed by atoms with Gasteiger partial charge in [0.05, 0.1) is 0 Å². The molecule has 0 radical (unpaired) electrons. The van der Waals surface area contributed by atoms with Crippen LogP contribution in [0, 0.1) is 22.7 Å². The summed E-state index contributed by atoms with van der Waals surface area (Å²) >= 11 is 0. The van der Waals surface area contributed by atoms with Crippen LogP contribution >= 0.6 is 0 Å². The van der Waals surface area contributed by atoms with Crippen LogP contribution in [0.25, 0.3) is 0 Å². The Bertz CT molecular complexity index is 369. The summed E-state index contributed by atoms with van der Waals surface area (Å²) in [4.78, 5) is 2.98. The van der Waals surface area contributed by atoms with Crippen molar-refractivity contribution in [3.05, 3.63) is 0 Å². The summed E-state index contributed by atoms with van der Waals surface area (Å²) in [5.74, 6) is 1.74. The molecule has 4 unspecified atom stereocenters. The molecule has 2 nitrogen and oxygen atoms in total. The molecule has 25 heavy (non-hydrogen) atoms. The number of rotatable bonds is 7. The normalized spacial score (nSPS) is 35.0. The van der Waals surface area contributed by atoms with E-state index in [1.54, 1.807) is 0 Å². The van der Waals surface area contributed by atoms with Crippen molar-refractivity contribution in [2.24, 2.45) is 28.4 Å². The largest absolute Gasteiger partial charge is 0.330 e. The Kier molecular flexibility index (Phi) is 7.42. The molecule has 0 spiro atoms. The molecule has 0 aromatic rings. The third-order valence-corrected chi connectivity index (χ3v) is 6.79. The first-order valence-corrected chi connectivity index (χ1v) is 11.1. The van der Waals surface area contributed by atoms with Crippen molar-refractivity contribution in [2.45, 2.75) is 111 Å². The molecule has 4 atom stereocenters. The topological polar surface area (TPSA) is 29.3 Å². The number of hydrogen-bond acceptors (Lipinski definition) is 2. The zero-order valence-corrected chi connectivity index (χ0v) is 18.1. The second-order valence-corrected chi connectivity index (χ2v) is 11.2. The molecule has 2 aliphatic rings. The van der Waals surface area contributed by atoms with Crippen LogP contribution in [0.3, 0.4) is 0 Å². The summed E-state index contributed by atoms with van der Waals surface area (Å²) in [5, 5.41) is 0. The van der Waals surface area contributed by atoms with Gasteiger partial charge in [-0.2, -0.15) is 0 Å². The Morgan fingerprint density at radius 2 is 1.24 bits per heavy atom. The maximum atomic E-state index is 5.72. The van der Waals surface area contributed by atoms with E-state index in [0.29, 0.717) is 10.8 Å². The van der Waals surface area contributed by atoms with Gasteiger partial charge in [0.2, 0.25) is 0 Å². The molecule has 0 aromatic heterocycles. The fraction of sp³-hybridized carbons (Fsp3) is 1.00. The molecule has 2 N–H and O–H groups in total. The van der Waals surface area contributed by atoms with Crippen molar-refractivity contribution < 1.29 is 0 Å². The van der Waals surface area contributed by atoms with E-state index < -0.39 is 0 Å². The number of nitrogens with zero attached hydrogens (tertiary/aromatic N) is 1. The van der Waals surface area contributed by atoms with E-state index in [-0.39, 0.29) is 0 Å². The predicted molar refractivity (Wildman–Crippen MR) is 111 cm³/mol. The molecule has 0 aromatic carbocycles. The highest BCUT2D eigenvalue weighted by molar-refractivity contribution is 4.94. The van der Waals surface area contributed by atoms with Crippen LogP contribution in [0.15, 0.2) is 0 Å². The average molecular weight is 351 g/mol. The van der Waals surface area contributed by atoms with Gasteiger partial charge in [0.15, 0.2) is 0 Å². The van der Waals surface area contributed by atoms with E-state index in [2.05, 4.69) is 46.4 Å². The Balaban J connectivity index is 2.11. The van der Waals surface area contributed by atoms with Gasteiger partial charge < -0.3 is 5.73 Å². The van der Waals surface area contributed by atoms with Gasteiger partial charge in [-0.05, 0) is 87.1 Å². The summed E-state index contributed by atoms with van der Waals surface area (Å²) in [7, 11) is 0. The zero-order chi connectivity index (χ0) is 18.7. The molecular formula is C23H46N2. The molecule has 2 heteroatoms. The van der Waals surface area contributed by atoms with E-state index in [9.17, 15) is 0 Å². The van der Waals surface area contributed by atoms with E-state index in [4.69, 9.17) is 5.73 Å². The lowest BCUT2D eigenvalue weighted by molar-refractivity contribution is -0.00421. The lowest BCUT2D eigenvalue weighted by atomic mass is 9.67. The highest BCUT2D eigenvalue weighted by Gasteiger charge is 2.40. The minimum atomic E-state index is 0.508. The van der Waals surface area contributed by atoms with Crippen LogP contribution in [0.2, 0.25) is 0 Å². The van der Waals surface area contributed by atoms with Gasteiger partial charge in [-0.1, -0.05) is 48.0 Å². The second kappa shape index (κ2) is 8.74. The SMILES string of the molecule is CC1CC(N(CCCCCN)C2CC(C)CC(C)(C)C2)CC(C)(C)C1. The molecule has 2 aliphatic carbocycles. The lowest BCUT2D eigenvalue weighted by Crippen LogP contribution is -2.51. The second-order valence-electron chi connectivity index (χ2n) is 11.2. The third-order valence-electron chi connectivity index (χ3n) is 6.79. The fourth-order valence-corrected chi connectivity index (χ4v) is 6.38. The van der Waals surface area contributed by atoms with Gasteiger partial charge in [-0.25, -0.2) is 0 Å². The maximum Gasteiger partial charge on any atom is 0.0106 e. The van der Waals surface area contributed by atoms with Crippen molar-refractivity contribution in [1.29, 1.82) is 0 Å². The van der Waals surface area contributed by atoms with Crippen LogP contribution in [0.5, 0.6) is 0 Å². The molecule has 2 fully saturated rings. The lowest BCUT2D eigenvalue weighted by Gasteiger charge is -2.50. The summed E-state index contributed by atoms with van der Waals surface area (Å²) in [6.07, 6.45) is 12.2. The van der Waals surface area contributed by atoms with Crippen LogP contribution in [0.1, 0.15) is 99.3 Å².